The van der Waals surface area contributed by atoms with Crippen LogP contribution in [0.4, 0.5) is 5.69 Å². The highest BCUT2D eigenvalue weighted by Gasteiger charge is 2.22. The predicted molar refractivity (Wildman–Crippen MR) is 83.1 cm³/mol. The predicted octanol–water partition coefficient (Wildman–Crippen LogP) is 1.45. The van der Waals surface area contributed by atoms with E-state index < -0.39 is 0 Å². The Balaban J connectivity index is 1.61. The number of carbonyl (C=O) groups excluding carboxylic acids is 1. The Labute approximate surface area is 129 Å². The first-order valence-corrected chi connectivity index (χ1v) is 7.22. The second kappa shape index (κ2) is 6.43. The number of ether oxygens (including phenoxy) is 1. The summed E-state index contributed by atoms with van der Waals surface area (Å²) in [6, 6.07) is 9.64. The molecule has 0 spiro atoms. The molecule has 0 N–H and O–H groups in total. The molecule has 0 unspecified atom stereocenters. The molecule has 0 atom stereocenters. The van der Waals surface area contributed by atoms with Crippen LogP contribution in [0.2, 0.25) is 0 Å². The molecule has 1 amide bonds. The molecule has 1 aromatic heterocycles. The van der Waals surface area contributed by atoms with Crippen molar-refractivity contribution in [3.05, 3.63) is 48.5 Å². The van der Waals surface area contributed by atoms with Gasteiger partial charge in [0.1, 0.15) is 17.8 Å². The molecule has 1 aliphatic heterocycles. The Morgan fingerprint density at radius 2 is 1.82 bits per heavy atom. The average Bonchev–Trinajstić information content (AvgIpc) is 2.62. The molecular weight excluding hydrogens is 280 g/mol. The molecule has 1 aliphatic rings. The van der Waals surface area contributed by atoms with Gasteiger partial charge >= 0.3 is 0 Å². The van der Waals surface area contributed by atoms with Crippen molar-refractivity contribution < 1.29 is 9.53 Å². The summed E-state index contributed by atoms with van der Waals surface area (Å²) in [5, 5.41) is 0. The lowest BCUT2D eigenvalue weighted by molar-refractivity contribution is 0.0740. The van der Waals surface area contributed by atoms with Crippen molar-refractivity contribution in [2.24, 2.45) is 0 Å². The highest BCUT2D eigenvalue weighted by atomic mass is 16.5. The standard InChI is InChI=1S/C16H18N4O2/c1-22-14-4-2-13(3-5-14)19-8-10-20(11-9-19)16(21)15-6-7-17-12-18-15/h2-7,12H,8-11H2,1H3. The van der Waals surface area contributed by atoms with Gasteiger partial charge in [0, 0.05) is 38.1 Å². The lowest BCUT2D eigenvalue weighted by Gasteiger charge is -2.36. The fourth-order valence-electron chi connectivity index (χ4n) is 2.54. The molecule has 0 radical (unpaired) electrons. The van der Waals surface area contributed by atoms with Crippen LogP contribution in [0.25, 0.3) is 0 Å². The molecule has 1 aromatic carbocycles. The van der Waals surface area contributed by atoms with Gasteiger partial charge in [-0.05, 0) is 30.3 Å². The van der Waals surface area contributed by atoms with Crippen molar-refractivity contribution in [1.82, 2.24) is 14.9 Å². The summed E-state index contributed by atoms with van der Waals surface area (Å²) in [6.45, 7) is 3.00. The molecule has 22 heavy (non-hydrogen) atoms. The van der Waals surface area contributed by atoms with Gasteiger partial charge in [-0.3, -0.25) is 4.79 Å². The van der Waals surface area contributed by atoms with Gasteiger partial charge in [-0.15, -0.1) is 0 Å². The number of aromatic nitrogens is 2. The summed E-state index contributed by atoms with van der Waals surface area (Å²) in [5.74, 6) is 0.818. The van der Waals surface area contributed by atoms with Crippen LogP contribution in [0.15, 0.2) is 42.9 Å². The maximum Gasteiger partial charge on any atom is 0.272 e. The zero-order chi connectivity index (χ0) is 15.4. The van der Waals surface area contributed by atoms with Crippen LogP contribution in [0.1, 0.15) is 10.5 Å². The Morgan fingerprint density at radius 3 is 2.41 bits per heavy atom. The molecule has 2 heterocycles. The molecule has 0 aliphatic carbocycles. The van der Waals surface area contributed by atoms with E-state index in [2.05, 4.69) is 14.9 Å². The number of nitrogens with zero attached hydrogens (tertiary/aromatic N) is 4. The number of benzene rings is 1. The van der Waals surface area contributed by atoms with Crippen molar-refractivity contribution in [1.29, 1.82) is 0 Å². The minimum atomic E-state index is -0.0308. The largest absolute Gasteiger partial charge is 0.497 e. The monoisotopic (exact) mass is 298 g/mol. The van der Waals surface area contributed by atoms with Crippen LogP contribution in [-0.2, 0) is 0 Å². The third-order valence-electron chi connectivity index (χ3n) is 3.81. The number of amides is 1. The summed E-state index contributed by atoms with van der Waals surface area (Å²) in [4.78, 5) is 24.3. The topological polar surface area (TPSA) is 58.6 Å². The molecule has 0 saturated carbocycles. The zero-order valence-electron chi connectivity index (χ0n) is 12.5. The second-order valence-corrected chi connectivity index (χ2v) is 5.07. The summed E-state index contributed by atoms with van der Waals surface area (Å²) >= 11 is 0. The third kappa shape index (κ3) is 3.00. The average molecular weight is 298 g/mol. The number of hydrogen-bond acceptors (Lipinski definition) is 5. The second-order valence-electron chi connectivity index (χ2n) is 5.07. The summed E-state index contributed by atoms with van der Waals surface area (Å²) in [6.07, 6.45) is 2.99. The summed E-state index contributed by atoms with van der Waals surface area (Å²) in [7, 11) is 1.66. The normalized spacial score (nSPS) is 14.8. The molecule has 1 fully saturated rings. The van der Waals surface area contributed by atoms with Gasteiger partial charge in [0.2, 0.25) is 0 Å². The zero-order valence-corrected chi connectivity index (χ0v) is 12.5. The quantitative estimate of drug-likeness (QED) is 0.858. The first-order valence-electron chi connectivity index (χ1n) is 7.22. The maximum atomic E-state index is 12.3. The van der Waals surface area contributed by atoms with E-state index in [0.717, 1.165) is 24.5 Å². The van der Waals surface area contributed by atoms with Gasteiger partial charge in [-0.1, -0.05) is 0 Å². The number of carbonyl (C=O) groups is 1. The molecule has 0 bridgehead atoms. The Bertz CT molecular complexity index is 622. The number of piperazine rings is 1. The van der Waals surface area contributed by atoms with Crippen LogP contribution < -0.4 is 9.64 Å². The summed E-state index contributed by atoms with van der Waals surface area (Å²) < 4.78 is 5.17. The molecule has 6 heteroatoms. The van der Waals surface area contributed by atoms with Gasteiger partial charge in [-0.2, -0.15) is 0 Å². The van der Waals surface area contributed by atoms with Crippen molar-refractivity contribution >= 4 is 11.6 Å². The molecular formula is C16H18N4O2. The fourth-order valence-corrected chi connectivity index (χ4v) is 2.54. The van der Waals surface area contributed by atoms with Gasteiger partial charge in [0.25, 0.3) is 5.91 Å². The third-order valence-corrected chi connectivity index (χ3v) is 3.81. The van der Waals surface area contributed by atoms with Gasteiger partial charge in [0.05, 0.1) is 7.11 Å². The molecule has 2 aromatic rings. The minimum Gasteiger partial charge on any atom is -0.497 e. The van der Waals surface area contributed by atoms with Crippen molar-refractivity contribution in [3.8, 4) is 5.75 Å². The van der Waals surface area contributed by atoms with Crippen LogP contribution in [0.3, 0.4) is 0 Å². The molecule has 114 valence electrons. The smallest absolute Gasteiger partial charge is 0.272 e. The molecule has 6 nitrogen and oxygen atoms in total. The van der Waals surface area contributed by atoms with E-state index in [4.69, 9.17) is 4.74 Å². The number of hydrogen-bond donors (Lipinski definition) is 0. The van der Waals surface area contributed by atoms with Gasteiger partial charge < -0.3 is 14.5 Å². The molecule has 1 saturated heterocycles. The molecule has 3 rings (SSSR count). The van der Waals surface area contributed by atoms with E-state index in [1.165, 1.54) is 6.33 Å². The minimum absolute atomic E-state index is 0.0308. The summed E-state index contributed by atoms with van der Waals surface area (Å²) in [5.41, 5.74) is 1.60. The Hall–Kier alpha value is -2.63. The van der Waals surface area contributed by atoms with E-state index in [0.29, 0.717) is 18.8 Å². The van der Waals surface area contributed by atoms with Crippen LogP contribution in [-0.4, -0.2) is 54.1 Å². The highest BCUT2D eigenvalue weighted by Crippen LogP contribution is 2.20. The lowest BCUT2D eigenvalue weighted by Crippen LogP contribution is -2.49. The van der Waals surface area contributed by atoms with Crippen molar-refractivity contribution in [2.75, 3.05) is 38.2 Å². The van der Waals surface area contributed by atoms with Gasteiger partial charge in [-0.25, -0.2) is 9.97 Å². The highest BCUT2D eigenvalue weighted by molar-refractivity contribution is 5.92. The van der Waals surface area contributed by atoms with Crippen LogP contribution >= 0.6 is 0 Å². The van der Waals surface area contributed by atoms with Crippen molar-refractivity contribution in [2.45, 2.75) is 0 Å². The van der Waals surface area contributed by atoms with E-state index in [1.54, 1.807) is 19.4 Å². The first-order chi connectivity index (χ1) is 10.8. The number of methoxy groups -OCH3 is 1. The number of anilines is 1. The SMILES string of the molecule is COc1ccc(N2CCN(C(=O)c3ccncn3)CC2)cc1. The number of rotatable bonds is 3. The van der Waals surface area contributed by atoms with E-state index in [-0.39, 0.29) is 5.91 Å². The van der Waals surface area contributed by atoms with Crippen LogP contribution in [0.5, 0.6) is 5.75 Å². The Morgan fingerprint density at radius 1 is 1.09 bits per heavy atom. The van der Waals surface area contributed by atoms with Gasteiger partial charge in [0.15, 0.2) is 0 Å². The fraction of sp³-hybridized carbons (Fsp3) is 0.312. The lowest BCUT2D eigenvalue weighted by atomic mass is 10.2. The maximum absolute atomic E-state index is 12.3. The van der Waals surface area contributed by atoms with Crippen LogP contribution in [0, 0.1) is 0 Å². The van der Waals surface area contributed by atoms with E-state index in [1.807, 2.05) is 29.2 Å². The Kier molecular flexibility index (Phi) is 4.18. The van der Waals surface area contributed by atoms with Crippen molar-refractivity contribution in [3.63, 3.8) is 0 Å². The first kappa shape index (κ1) is 14.3. The van der Waals surface area contributed by atoms with E-state index in [9.17, 15) is 4.79 Å². The van der Waals surface area contributed by atoms with E-state index >= 15 is 0 Å².